The minimum absolute atomic E-state index is 0.0614. The van der Waals surface area contributed by atoms with Gasteiger partial charge in [0, 0.05) is 23.0 Å². The predicted molar refractivity (Wildman–Crippen MR) is 94.6 cm³/mol. The topological polar surface area (TPSA) is 54.0 Å². The minimum atomic E-state index is 0.0614. The molecule has 0 saturated carbocycles. The molecule has 2 aromatic rings. The Morgan fingerprint density at radius 3 is 2.91 bits per heavy atom. The number of hydrogen-bond acceptors (Lipinski definition) is 4. The third kappa shape index (κ3) is 4.18. The van der Waals surface area contributed by atoms with Gasteiger partial charge in [0.25, 0.3) is 0 Å². The van der Waals surface area contributed by atoms with Crippen LogP contribution in [0.2, 0.25) is 0 Å². The van der Waals surface area contributed by atoms with Gasteiger partial charge in [-0.05, 0) is 33.2 Å². The van der Waals surface area contributed by atoms with Gasteiger partial charge in [0.2, 0.25) is 5.91 Å². The Kier molecular flexibility index (Phi) is 5.08. The summed E-state index contributed by atoms with van der Waals surface area (Å²) in [5.41, 5.74) is 3.19. The molecule has 4 nitrogen and oxygen atoms in total. The Morgan fingerprint density at radius 2 is 2.17 bits per heavy atom. The lowest BCUT2D eigenvalue weighted by Gasteiger charge is -2.30. The number of piperidine rings is 1. The number of thiazole rings is 1. The van der Waals surface area contributed by atoms with Crippen molar-refractivity contribution in [1.29, 1.82) is 0 Å². The van der Waals surface area contributed by atoms with Crippen molar-refractivity contribution < 1.29 is 4.79 Å². The van der Waals surface area contributed by atoms with Gasteiger partial charge in [-0.3, -0.25) is 4.79 Å². The predicted octanol–water partition coefficient (Wildman–Crippen LogP) is 2.92. The standard InChI is InChI=1S/C18H23N3OS/c1-12-5-7-14(8-6-12)18-20-15(11-23-18)10-17(22)21-16-4-3-9-19-13(16)2/h5-8,11,13,16,19H,3-4,9-10H2,1-2H3,(H,21,22). The van der Waals surface area contributed by atoms with Crippen LogP contribution in [0.4, 0.5) is 0 Å². The first-order valence-electron chi connectivity index (χ1n) is 8.16. The van der Waals surface area contributed by atoms with Gasteiger partial charge in [-0.25, -0.2) is 4.98 Å². The molecular weight excluding hydrogens is 306 g/mol. The highest BCUT2D eigenvalue weighted by Crippen LogP contribution is 2.24. The van der Waals surface area contributed by atoms with Gasteiger partial charge in [0.15, 0.2) is 0 Å². The molecule has 2 unspecified atom stereocenters. The number of carbonyl (C=O) groups excluding carboxylic acids is 1. The fourth-order valence-electron chi connectivity index (χ4n) is 2.88. The number of aryl methyl sites for hydroxylation is 1. The Morgan fingerprint density at radius 1 is 1.39 bits per heavy atom. The normalized spacial score (nSPS) is 21.1. The molecule has 2 N–H and O–H groups in total. The van der Waals surface area contributed by atoms with Gasteiger partial charge < -0.3 is 10.6 Å². The molecule has 0 bridgehead atoms. The molecule has 1 aromatic heterocycles. The highest BCUT2D eigenvalue weighted by atomic mass is 32.1. The SMILES string of the molecule is Cc1ccc(-c2nc(CC(=O)NC3CCCNC3C)cs2)cc1. The summed E-state index contributed by atoms with van der Waals surface area (Å²) in [5.74, 6) is 0.0614. The van der Waals surface area contributed by atoms with Gasteiger partial charge in [0.05, 0.1) is 12.1 Å². The van der Waals surface area contributed by atoms with Crippen LogP contribution in [0.25, 0.3) is 10.6 Å². The summed E-state index contributed by atoms with van der Waals surface area (Å²) in [6.07, 6.45) is 2.51. The number of rotatable bonds is 4. The molecule has 1 saturated heterocycles. The van der Waals surface area contributed by atoms with E-state index in [0.29, 0.717) is 12.5 Å². The maximum Gasteiger partial charge on any atom is 0.226 e. The van der Waals surface area contributed by atoms with Gasteiger partial charge >= 0.3 is 0 Å². The highest BCUT2D eigenvalue weighted by Gasteiger charge is 2.22. The maximum absolute atomic E-state index is 12.2. The second-order valence-corrected chi connectivity index (χ2v) is 7.10. The first kappa shape index (κ1) is 16.1. The van der Waals surface area contributed by atoms with Crippen LogP contribution in [-0.4, -0.2) is 29.5 Å². The molecular formula is C18H23N3OS. The molecule has 23 heavy (non-hydrogen) atoms. The number of amides is 1. The quantitative estimate of drug-likeness (QED) is 0.907. The number of hydrogen-bond donors (Lipinski definition) is 2. The molecule has 122 valence electrons. The zero-order valence-electron chi connectivity index (χ0n) is 13.6. The first-order chi connectivity index (χ1) is 11.1. The molecule has 2 atom stereocenters. The molecule has 1 aliphatic rings. The monoisotopic (exact) mass is 329 g/mol. The third-order valence-electron chi connectivity index (χ3n) is 4.30. The van der Waals surface area contributed by atoms with Crippen LogP contribution < -0.4 is 10.6 Å². The number of benzene rings is 1. The van der Waals surface area contributed by atoms with E-state index in [1.807, 2.05) is 5.38 Å². The number of carbonyl (C=O) groups is 1. The Hall–Kier alpha value is -1.72. The van der Waals surface area contributed by atoms with Crippen LogP contribution in [-0.2, 0) is 11.2 Å². The zero-order valence-corrected chi connectivity index (χ0v) is 14.5. The van der Waals surface area contributed by atoms with E-state index in [4.69, 9.17) is 0 Å². The lowest BCUT2D eigenvalue weighted by molar-refractivity contribution is -0.121. The van der Waals surface area contributed by atoms with Gasteiger partial charge in [0.1, 0.15) is 5.01 Å². The summed E-state index contributed by atoms with van der Waals surface area (Å²) in [5, 5.41) is 9.50. The molecule has 0 spiro atoms. The van der Waals surface area contributed by atoms with E-state index in [0.717, 1.165) is 35.7 Å². The molecule has 1 aromatic carbocycles. The summed E-state index contributed by atoms with van der Waals surface area (Å²) in [6.45, 7) is 5.24. The molecule has 1 amide bonds. The van der Waals surface area contributed by atoms with Crippen LogP contribution in [0.5, 0.6) is 0 Å². The molecule has 1 fully saturated rings. The smallest absolute Gasteiger partial charge is 0.226 e. The van der Waals surface area contributed by atoms with E-state index < -0.39 is 0 Å². The summed E-state index contributed by atoms with van der Waals surface area (Å²) >= 11 is 1.59. The van der Waals surface area contributed by atoms with Crippen molar-refractivity contribution in [3.63, 3.8) is 0 Å². The molecule has 1 aliphatic heterocycles. The van der Waals surface area contributed by atoms with Crippen LogP contribution in [0.1, 0.15) is 31.0 Å². The molecule has 0 aliphatic carbocycles. The van der Waals surface area contributed by atoms with Gasteiger partial charge in [-0.1, -0.05) is 29.8 Å². The first-order valence-corrected chi connectivity index (χ1v) is 9.04. The van der Waals surface area contributed by atoms with Crippen LogP contribution in [0, 0.1) is 6.92 Å². The van der Waals surface area contributed by atoms with Crippen molar-refractivity contribution in [2.24, 2.45) is 0 Å². The van der Waals surface area contributed by atoms with Crippen LogP contribution >= 0.6 is 11.3 Å². The molecule has 0 radical (unpaired) electrons. The average Bonchev–Trinajstić information content (AvgIpc) is 2.98. The Labute approximate surface area is 141 Å². The van der Waals surface area contributed by atoms with Gasteiger partial charge in [-0.2, -0.15) is 0 Å². The lowest BCUT2D eigenvalue weighted by Crippen LogP contribution is -2.52. The largest absolute Gasteiger partial charge is 0.351 e. The summed E-state index contributed by atoms with van der Waals surface area (Å²) in [4.78, 5) is 16.8. The summed E-state index contributed by atoms with van der Waals surface area (Å²) < 4.78 is 0. The van der Waals surface area contributed by atoms with Crippen molar-refractivity contribution in [1.82, 2.24) is 15.6 Å². The van der Waals surface area contributed by atoms with E-state index >= 15 is 0 Å². The fraction of sp³-hybridized carbons (Fsp3) is 0.444. The number of nitrogens with zero attached hydrogens (tertiary/aromatic N) is 1. The molecule has 2 heterocycles. The second kappa shape index (κ2) is 7.23. The highest BCUT2D eigenvalue weighted by molar-refractivity contribution is 7.13. The lowest BCUT2D eigenvalue weighted by atomic mass is 10.00. The second-order valence-electron chi connectivity index (χ2n) is 6.25. The van der Waals surface area contributed by atoms with Crippen molar-refractivity contribution in [2.45, 2.75) is 45.2 Å². The Balaban J connectivity index is 1.60. The van der Waals surface area contributed by atoms with Crippen LogP contribution in [0.15, 0.2) is 29.6 Å². The van der Waals surface area contributed by atoms with E-state index in [1.165, 1.54) is 5.56 Å². The van der Waals surface area contributed by atoms with Crippen molar-refractivity contribution in [3.8, 4) is 10.6 Å². The number of aromatic nitrogens is 1. The number of nitrogens with one attached hydrogen (secondary N) is 2. The minimum Gasteiger partial charge on any atom is -0.351 e. The summed E-state index contributed by atoms with van der Waals surface area (Å²) in [7, 11) is 0. The van der Waals surface area contributed by atoms with E-state index in [2.05, 4.69) is 53.7 Å². The van der Waals surface area contributed by atoms with Crippen molar-refractivity contribution in [2.75, 3.05) is 6.54 Å². The molecule has 3 rings (SSSR count). The van der Waals surface area contributed by atoms with Crippen molar-refractivity contribution >= 4 is 17.2 Å². The third-order valence-corrected chi connectivity index (χ3v) is 5.24. The van der Waals surface area contributed by atoms with E-state index in [9.17, 15) is 4.79 Å². The van der Waals surface area contributed by atoms with E-state index in [-0.39, 0.29) is 11.9 Å². The molecule has 5 heteroatoms. The van der Waals surface area contributed by atoms with Crippen LogP contribution in [0.3, 0.4) is 0 Å². The van der Waals surface area contributed by atoms with Crippen molar-refractivity contribution in [3.05, 3.63) is 40.9 Å². The fourth-order valence-corrected chi connectivity index (χ4v) is 3.71. The van der Waals surface area contributed by atoms with E-state index in [1.54, 1.807) is 11.3 Å². The Bertz CT molecular complexity index is 665. The van der Waals surface area contributed by atoms with Gasteiger partial charge in [-0.15, -0.1) is 11.3 Å². The zero-order chi connectivity index (χ0) is 16.2. The maximum atomic E-state index is 12.2. The summed E-state index contributed by atoms with van der Waals surface area (Å²) in [6, 6.07) is 8.89. The average molecular weight is 329 g/mol.